The number of urea groups is 1. The van der Waals surface area contributed by atoms with Gasteiger partial charge < -0.3 is 18.9 Å². The highest BCUT2D eigenvalue weighted by molar-refractivity contribution is 6.39. The number of anilines is 1. The van der Waals surface area contributed by atoms with Gasteiger partial charge in [0.15, 0.2) is 11.5 Å². The summed E-state index contributed by atoms with van der Waals surface area (Å²) < 4.78 is 21.0. The number of methoxy groups -OCH3 is 4. The van der Waals surface area contributed by atoms with Crippen LogP contribution in [0, 0.1) is 0 Å². The summed E-state index contributed by atoms with van der Waals surface area (Å²) in [6.07, 6.45) is 1.34. The van der Waals surface area contributed by atoms with E-state index in [1.807, 2.05) is 0 Å². The van der Waals surface area contributed by atoms with Crippen molar-refractivity contribution in [2.45, 2.75) is 0 Å². The number of hydrogen-bond donors (Lipinski definition) is 1. The molecule has 1 fully saturated rings. The lowest BCUT2D eigenvalue weighted by Gasteiger charge is -2.27. The topological polar surface area (TPSA) is 103 Å². The van der Waals surface area contributed by atoms with E-state index in [0.717, 1.165) is 4.90 Å². The maximum absolute atomic E-state index is 13.2. The predicted octanol–water partition coefficient (Wildman–Crippen LogP) is 2.39. The van der Waals surface area contributed by atoms with Crippen LogP contribution in [0.25, 0.3) is 6.08 Å². The fourth-order valence-corrected chi connectivity index (χ4v) is 3.03. The van der Waals surface area contributed by atoms with E-state index in [4.69, 9.17) is 18.9 Å². The Morgan fingerprint density at radius 2 is 1.60 bits per heavy atom. The smallest absolute Gasteiger partial charge is 0.336 e. The van der Waals surface area contributed by atoms with E-state index in [1.54, 1.807) is 30.3 Å². The van der Waals surface area contributed by atoms with Crippen LogP contribution in [0.15, 0.2) is 42.0 Å². The lowest BCUT2D eigenvalue weighted by Crippen LogP contribution is -2.54. The van der Waals surface area contributed by atoms with E-state index < -0.39 is 17.8 Å². The number of rotatable bonds is 6. The fourth-order valence-electron chi connectivity index (χ4n) is 3.03. The molecule has 0 unspecified atom stereocenters. The summed E-state index contributed by atoms with van der Waals surface area (Å²) >= 11 is 0. The first-order chi connectivity index (χ1) is 14.4. The van der Waals surface area contributed by atoms with Crippen molar-refractivity contribution in [3.8, 4) is 23.0 Å². The highest BCUT2D eigenvalue weighted by atomic mass is 16.5. The van der Waals surface area contributed by atoms with Crippen LogP contribution in [-0.4, -0.2) is 46.3 Å². The Bertz CT molecular complexity index is 1050. The summed E-state index contributed by atoms with van der Waals surface area (Å²) in [6.45, 7) is 0. The summed E-state index contributed by atoms with van der Waals surface area (Å²) in [6, 6.07) is 8.77. The van der Waals surface area contributed by atoms with E-state index >= 15 is 0 Å². The highest BCUT2D eigenvalue weighted by Crippen LogP contribution is 2.36. The zero-order valence-corrected chi connectivity index (χ0v) is 16.8. The molecule has 0 radical (unpaired) electrons. The predicted molar refractivity (Wildman–Crippen MR) is 108 cm³/mol. The van der Waals surface area contributed by atoms with E-state index in [9.17, 15) is 14.4 Å². The number of nitrogens with one attached hydrogen (secondary N) is 1. The third kappa shape index (κ3) is 3.64. The van der Waals surface area contributed by atoms with Crippen molar-refractivity contribution in [2.24, 2.45) is 0 Å². The quantitative estimate of drug-likeness (QED) is 0.574. The molecule has 1 aliphatic heterocycles. The van der Waals surface area contributed by atoms with Gasteiger partial charge in [0.1, 0.15) is 17.1 Å². The number of ether oxygens (including phenoxy) is 4. The number of para-hydroxylation sites is 1. The molecule has 4 amide bonds. The van der Waals surface area contributed by atoms with Crippen LogP contribution in [0.1, 0.15) is 5.56 Å². The zero-order chi connectivity index (χ0) is 21.8. The summed E-state index contributed by atoms with van der Waals surface area (Å²) in [4.78, 5) is 39.0. The molecule has 1 heterocycles. The van der Waals surface area contributed by atoms with Gasteiger partial charge >= 0.3 is 6.03 Å². The molecule has 0 aromatic heterocycles. The molecule has 1 N–H and O–H groups in total. The Morgan fingerprint density at radius 1 is 0.867 bits per heavy atom. The average Bonchev–Trinajstić information content (AvgIpc) is 2.75. The maximum atomic E-state index is 13.2. The van der Waals surface area contributed by atoms with Crippen molar-refractivity contribution in [3.05, 3.63) is 47.5 Å². The van der Waals surface area contributed by atoms with Gasteiger partial charge in [0, 0.05) is 11.6 Å². The summed E-state index contributed by atoms with van der Waals surface area (Å²) in [7, 11) is 5.77. The van der Waals surface area contributed by atoms with Crippen molar-refractivity contribution in [1.29, 1.82) is 0 Å². The number of carbonyl (C=O) groups excluding carboxylic acids is 3. The minimum Gasteiger partial charge on any atom is -0.497 e. The average molecular weight is 412 g/mol. The second-order valence-corrected chi connectivity index (χ2v) is 6.08. The molecule has 2 aromatic rings. The van der Waals surface area contributed by atoms with Crippen LogP contribution >= 0.6 is 0 Å². The van der Waals surface area contributed by atoms with Gasteiger partial charge in [0.05, 0.1) is 34.1 Å². The lowest BCUT2D eigenvalue weighted by molar-refractivity contribution is -0.122. The van der Waals surface area contributed by atoms with Gasteiger partial charge in [-0.05, 0) is 24.3 Å². The second-order valence-electron chi connectivity index (χ2n) is 6.08. The SMILES string of the molecule is COc1ccc(OC)c(N2C(=O)NC(=O)/C(=C/c3cccc(OC)c3OC)C2=O)c1. The Labute approximate surface area is 172 Å². The molecule has 1 aliphatic rings. The van der Waals surface area contributed by atoms with Gasteiger partial charge in [-0.3, -0.25) is 14.9 Å². The van der Waals surface area contributed by atoms with Crippen LogP contribution in [-0.2, 0) is 9.59 Å². The first-order valence-corrected chi connectivity index (χ1v) is 8.79. The molecule has 0 atom stereocenters. The minimum atomic E-state index is -0.897. The van der Waals surface area contributed by atoms with Crippen LogP contribution in [0.4, 0.5) is 10.5 Å². The fraction of sp³-hybridized carbons (Fsp3) is 0.190. The monoisotopic (exact) mass is 412 g/mol. The molecule has 9 heteroatoms. The molecular formula is C21H20N2O7. The van der Waals surface area contributed by atoms with Gasteiger partial charge in [-0.25, -0.2) is 9.69 Å². The van der Waals surface area contributed by atoms with E-state index in [0.29, 0.717) is 22.8 Å². The molecule has 0 bridgehead atoms. The van der Waals surface area contributed by atoms with Crippen molar-refractivity contribution in [2.75, 3.05) is 33.3 Å². The minimum absolute atomic E-state index is 0.135. The van der Waals surface area contributed by atoms with Crippen molar-refractivity contribution >= 4 is 29.6 Å². The lowest BCUT2D eigenvalue weighted by atomic mass is 10.1. The molecule has 0 spiro atoms. The largest absolute Gasteiger partial charge is 0.497 e. The second kappa shape index (κ2) is 8.56. The molecule has 0 saturated carbocycles. The van der Waals surface area contributed by atoms with Crippen LogP contribution in [0.3, 0.4) is 0 Å². The number of imide groups is 2. The molecule has 0 aliphatic carbocycles. The van der Waals surface area contributed by atoms with Crippen molar-refractivity contribution < 1.29 is 33.3 Å². The zero-order valence-electron chi connectivity index (χ0n) is 16.8. The normalized spacial score (nSPS) is 15.1. The van der Waals surface area contributed by atoms with Gasteiger partial charge in [-0.15, -0.1) is 0 Å². The van der Waals surface area contributed by atoms with Gasteiger partial charge in [-0.2, -0.15) is 0 Å². The summed E-state index contributed by atoms with van der Waals surface area (Å²) in [5, 5.41) is 2.17. The Kier molecular flexibility index (Phi) is 5.91. The van der Waals surface area contributed by atoms with Crippen LogP contribution in [0.5, 0.6) is 23.0 Å². The molecule has 156 valence electrons. The van der Waals surface area contributed by atoms with Gasteiger partial charge in [-0.1, -0.05) is 12.1 Å². The van der Waals surface area contributed by atoms with Gasteiger partial charge in [0.25, 0.3) is 11.8 Å². The third-order valence-corrected chi connectivity index (χ3v) is 4.46. The number of benzene rings is 2. The molecule has 9 nitrogen and oxygen atoms in total. The van der Waals surface area contributed by atoms with Crippen molar-refractivity contribution in [3.63, 3.8) is 0 Å². The highest BCUT2D eigenvalue weighted by Gasteiger charge is 2.38. The Hall–Kier alpha value is -4.01. The molecule has 3 rings (SSSR count). The standard InChI is InChI=1S/C21H20N2O7/c1-27-13-8-9-16(28-2)15(11-13)23-20(25)14(19(24)22-21(23)26)10-12-6-5-7-17(29-3)18(12)30-4/h5-11H,1-4H3,(H,22,24,26)/b14-10-. The summed E-state index contributed by atoms with van der Waals surface area (Å²) in [5.74, 6) is -0.211. The number of amides is 4. The summed E-state index contributed by atoms with van der Waals surface area (Å²) in [5.41, 5.74) is 0.309. The van der Waals surface area contributed by atoms with Crippen LogP contribution < -0.4 is 29.2 Å². The van der Waals surface area contributed by atoms with E-state index in [2.05, 4.69) is 5.32 Å². The molecule has 30 heavy (non-hydrogen) atoms. The first kappa shape index (κ1) is 20.7. The molecule has 2 aromatic carbocycles. The molecular weight excluding hydrogens is 392 g/mol. The first-order valence-electron chi connectivity index (χ1n) is 8.79. The molecule has 1 saturated heterocycles. The van der Waals surface area contributed by atoms with E-state index in [-0.39, 0.29) is 17.0 Å². The Balaban J connectivity index is 2.12. The number of hydrogen-bond acceptors (Lipinski definition) is 7. The maximum Gasteiger partial charge on any atom is 0.336 e. The number of barbiturate groups is 1. The number of nitrogens with zero attached hydrogens (tertiary/aromatic N) is 1. The third-order valence-electron chi connectivity index (χ3n) is 4.46. The van der Waals surface area contributed by atoms with Gasteiger partial charge in [0.2, 0.25) is 0 Å². The van der Waals surface area contributed by atoms with E-state index in [1.165, 1.54) is 40.6 Å². The van der Waals surface area contributed by atoms with Crippen molar-refractivity contribution in [1.82, 2.24) is 5.32 Å². The Morgan fingerprint density at radius 3 is 2.23 bits per heavy atom. The number of carbonyl (C=O) groups is 3. The van der Waals surface area contributed by atoms with Crippen LogP contribution in [0.2, 0.25) is 0 Å².